The van der Waals surface area contributed by atoms with Crippen LogP contribution in [0.4, 0.5) is 17.2 Å². The summed E-state index contributed by atoms with van der Waals surface area (Å²) < 4.78 is 0. The minimum Gasteiger partial charge on any atom is -0.372 e. The molecule has 1 saturated heterocycles. The number of piperidine rings is 1. The maximum absolute atomic E-state index is 12.4. The van der Waals surface area contributed by atoms with Crippen molar-refractivity contribution in [1.29, 1.82) is 0 Å². The van der Waals surface area contributed by atoms with E-state index in [0.717, 1.165) is 44.0 Å². The van der Waals surface area contributed by atoms with Gasteiger partial charge in [0.25, 0.3) is 5.91 Å². The number of amides is 1. The number of nitrogens with one attached hydrogen (secondary N) is 2. The minimum atomic E-state index is -0.136. The third kappa shape index (κ3) is 4.97. The van der Waals surface area contributed by atoms with Crippen molar-refractivity contribution in [2.45, 2.75) is 39.0 Å². The highest BCUT2D eigenvalue weighted by Gasteiger charge is 2.11. The summed E-state index contributed by atoms with van der Waals surface area (Å²) in [5.74, 6) is 0.671. The van der Waals surface area contributed by atoms with Crippen molar-refractivity contribution in [2.24, 2.45) is 0 Å². The minimum absolute atomic E-state index is 0.136. The molecular formula is C21H28N4O. The van der Waals surface area contributed by atoms with Crippen molar-refractivity contribution < 1.29 is 4.79 Å². The lowest BCUT2D eigenvalue weighted by atomic mass is 10.1. The van der Waals surface area contributed by atoms with E-state index in [9.17, 15) is 4.79 Å². The first-order valence-corrected chi connectivity index (χ1v) is 9.62. The lowest BCUT2D eigenvalue weighted by Gasteiger charge is -2.28. The van der Waals surface area contributed by atoms with Crippen molar-refractivity contribution in [1.82, 2.24) is 4.98 Å². The molecule has 2 aromatic rings. The van der Waals surface area contributed by atoms with Gasteiger partial charge in [-0.05, 0) is 62.1 Å². The summed E-state index contributed by atoms with van der Waals surface area (Å²) in [4.78, 5) is 19.1. The van der Waals surface area contributed by atoms with Crippen LogP contribution in [0, 0.1) is 0 Å². The molecule has 0 atom stereocenters. The molecule has 0 radical (unpaired) electrons. The van der Waals surface area contributed by atoms with E-state index in [1.807, 2.05) is 18.2 Å². The fourth-order valence-corrected chi connectivity index (χ4v) is 3.14. The zero-order valence-corrected chi connectivity index (χ0v) is 15.5. The summed E-state index contributed by atoms with van der Waals surface area (Å²) >= 11 is 0. The van der Waals surface area contributed by atoms with Gasteiger partial charge in [0.1, 0.15) is 5.82 Å². The van der Waals surface area contributed by atoms with Crippen LogP contribution in [0.25, 0.3) is 0 Å². The summed E-state index contributed by atoms with van der Waals surface area (Å²) in [7, 11) is 0. The Kier molecular flexibility index (Phi) is 6.47. The first-order chi connectivity index (χ1) is 12.8. The lowest BCUT2D eigenvalue weighted by Crippen LogP contribution is -2.29. The van der Waals surface area contributed by atoms with Gasteiger partial charge >= 0.3 is 0 Å². The number of nitrogens with zero attached hydrogens (tertiary/aromatic N) is 2. The first-order valence-electron chi connectivity index (χ1n) is 9.62. The van der Waals surface area contributed by atoms with E-state index < -0.39 is 0 Å². The SMILES string of the molecule is CCCCNc1ccc(C(=O)Nc2ccc(N3CCCCC3)cc2)cn1. The smallest absolute Gasteiger partial charge is 0.257 e. The molecule has 1 aromatic carbocycles. The van der Waals surface area contributed by atoms with Crippen LogP contribution in [0.15, 0.2) is 42.6 Å². The largest absolute Gasteiger partial charge is 0.372 e. The fourth-order valence-electron chi connectivity index (χ4n) is 3.14. The Bertz CT molecular complexity index is 691. The Morgan fingerprint density at radius 3 is 2.50 bits per heavy atom. The van der Waals surface area contributed by atoms with Gasteiger partial charge in [0, 0.05) is 37.2 Å². The highest BCUT2D eigenvalue weighted by atomic mass is 16.1. The monoisotopic (exact) mass is 352 g/mol. The average Bonchev–Trinajstić information content (AvgIpc) is 2.70. The number of carbonyl (C=O) groups is 1. The molecule has 1 aromatic heterocycles. The molecule has 5 nitrogen and oxygen atoms in total. The zero-order valence-electron chi connectivity index (χ0n) is 15.5. The third-order valence-corrected chi connectivity index (χ3v) is 4.71. The number of carbonyl (C=O) groups excluding carboxylic acids is 1. The number of hydrogen-bond acceptors (Lipinski definition) is 4. The maximum Gasteiger partial charge on any atom is 0.257 e. The molecule has 1 aliphatic rings. The standard InChI is InChI=1S/C21H28N4O/c1-2-3-13-22-20-12-7-17(16-23-20)21(26)24-18-8-10-19(11-9-18)25-14-5-4-6-15-25/h7-12,16H,2-6,13-15H2,1H3,(H,22,23)(H,24,26). The lowest BCUT2D eigenvalue weighted by molar-refractivity contribution is 0.102. The number of hydrogen-bond donors (Lipinski definition) is 2. The van der Waals surface area contributed by atoms with Gasteiger partial charge in [-0.2, -0.15) is 0 Å². The van der Waals surface area contributed by atoms with Gasteiger partial charge in [-0.15, -0.1) is 0 Å². The summed E-state index contributed by atoms with van der Waals surface area (Å²) in [6.07, 6.45) is 7.71. The van der Waals surface area contributed by atoms with Crippen LogP contribution in [0.3, 0.4) is 0 Å². The normalized spacial score (nSPS) is 14.1. The van der Waals surface area contributed by atoms with Gasteiger partial charge in [0.15, 0.2) is 0 Å². The van der Waals surface area contributed by atoms with Crippen molar-refractivity contribution >= 4 is 23.1 Å². The molecule has 5 heteroatoms. The number of unbranched alkanes of at least 4 members (excludes halogenated alkanes) is 1. The Hall–Kier alpha value is -2.56. The number of anilines is 3. The van der Waals surface area contributed by atoms with Crippen molar-refractivity contribution in [2.75, 3.05) is 35.2 Å². The number of rotatable bonds is 7. The average molecular weight is 352 g/mol. The predicted octanol–water partition coefficient (Wildman–Crippen LogP) is 4.54. The van der Waals surface area contributed by atoms with Gasteiger partial charge in [-0.3, -0.25) is 4.79 Å². The number of pyridine rings is 1. The van der Waals surface area contributed by atoms with E-state index in [4.69, 9.17) is 0 Å². The van der Waals surface area contributed by atoms with Crippen LogP contribution < -0.4 is 15.5 Å². The molecule has 1 aliphatic heterocycles. The topological polar surface area (TPSA) is 57.3 Å². The predicted molar refractivity (Wildman–Crippen MR) is 108 cm³/mol. The second kappa shape index (κ2) is 9.22. The Balaban J connectivity index is 1.55. The van der Waals surface area contributed by atoms with E-state index in [1.165, 1.54) is 24.9 Å². The van der Waals surface area contributed by atoms with E-state index in [-0.39, 0.29) is 5.91 Å². The molecule has 0 aliphatic carbocycles. The fraction of sp³-hybridized carbons (Fsp3) is 0.429. The first kappa shape index (κ1) is 18.2. The number of benzene rings is 1. The van der Waals surface area contributed by atoms with Gasteiger partial charge in [0.2, 0.25) is 0 Å². The third-order valence-electron chi connectivity index (χ3n) is 4.71. The van der Waals surface area contributed by atoms with E-state index in [2.05, 4.69) is 39.6 Å². The second-order valence-corrected chi connectivity index (χ2v) is 6.76. The number of aromatic nitrogens is 1. The van der Waals surface area contributed by atoms with E-state index in [1.54, 1.807) is 12.3 Å². The molecule has 3 rings (SSSR count). The van der Waals surface area contributed by atoms with Crippen LogP contribution in [-0.2, 0) is 0 Å². The Morgan fingerprint density at radius 2 is 1.85 bits per heavy atom. The molecule has 138 valence electrons. The Labute approximate surface area is 155 Å². The van der Waals surface area contributed by atoms with Crippen LogP contribution in [0.2, 0.25) is 0 Å². The molecule has 2 heterocycles. The zero-order chi connectivity index (χ0) is 18.2. The highest BCUT2D eigenvalue weighted by molar-refractivity contribution is 6.04. The molecule has 0 bridgehead atoms. The van der Waals surface area contributed by atoms with E-state index in [0.29, 0.717) is 5.56 Å². The summed E-state index contributed by atoms with van der Waals surface area (Å²) in [5.41, 5.74) is 2.60. The molecule has 2 N–H and O–H groups in total. The van der Waals surface area contributed by atoms with Crippen LogP contribution in [-0.4, -0.2) is 30.5 Å². The molecule has 26 heavy (non-hydrogen) atoms. The molecule has 1 amide bonds. The van der Waals surface area contributed by atoms with Crippen LogP contribution in [0.5, 0.6) is 0 Å². The van der Waals surface area contributed by atoms with Crippen LogP contribution >= 0.6 is 0 Å². The molecule has 1 fully saturated rings. The second-order valence-electron chi connectivity index (χ2n) is 6.76. The maximum atomic E-state index is 12.4. The van der Waals surface area contributed by atoms with Crippen LogP contribution in [0.1, 0.15) is 49.4 Å². The quantitative estimate of drug-likeness (QED) is 0.719. The van der Waals surface area contributed by atoms with Gasteiger partial charge in [-0.1, -0.05) is 13.3 Å². The highest BCUT2D eigenvalue weighted by Crippen LogP contribution is 2.22. The van der Waals surface area contributed by atoms with Crippen molar-refractivity contribution in [3.8, 4) is 0 Å². The summed E-state index contributed by atoms with van der Waals surface area (Å²) in [5, 5.41) is 6.19. The summed E-state index contributed by atoms with van der Waals surface area (Å²) in [6, 6.07) is 11.8. The van der Waals surface area contributed by atoms with Gasteiger partial charge in [-0.25, -0.2) is 4.98 Å². The van der Waals surface area contributed by atoms with Crippen molar-refractivity contribution in [3.63, 3.8) is 0 Å². The van der Waals surface area contributed by atoms with E-state index >= 15 is 0 Å². The molecule has 0 unspecified atom stereocenters. The molecular weight excluding hydrogens is 324 g/mol. The van der Waals surface area contributed by atoms with Gasteiger partial charge < -0.3 is 15.5 Å². The Morgan fingerprint density at radius 1 is 1.08 bits per heavy atom. The summed E-state index contributed by atoms with van der Waals surface area (Å²) in [6.45, 7) is 5.30. The molecule has 0 spiro atoms. The van der Waals surface area contributed by atoms with Gasteiger partial charge in [0.05, 0.1) is 5.56 Å². The van der Waals surface area contributed by atoms with Crippen molar-refractivity contribution in [3.05, 3.63) is 48.2 Å². The molecule has 0 saturated carbocycles.